The van der Waals surface area contributed by atoms with Gasteiger partial charge in [-0.3, -0.25) is 4.79 Å². The second-order valence-electron chi connectivity index (χ2n) is 5.87. The summed E-state index contributed by atoms with van der Waals surface area (Å²) >= 11 is 0. The van der Waals surface area contributed by atoms with Gasteiger partial charge < -0.3 is 14.9 Å². The number of hydrogen-bond acceptors (Lipinski definition) is 4. The highest BCUT2D eigenvalue weighted by Gasteiger charge is 2.19. The van der Waals surface area contributed by atoms with Crippen molar-refractivity contribution in [1.82, 2.24) is 5.16 Å². The van der Waals surface area contributed by atoms with Crippen LogP contribution in [0.2, 0.25) is 0 Å². The Bertz CT molecular complexity index is 760. The van der Waals surface area contributed by atoms with E-state index in [2.05, 4.69) is 24.3 Å². The topological polar surface area (TPSA) is 92.4 Å². The first-order chi connectivity index (χ1) is 11.4. The average Bonchev–Trinajstić information content (AvgIpc) is 3.00. The number of aromatic carboxylic acids is 1. The Hall–Kier alpha value is -2.63. The van der Waals surface area contributed by atoms with E-state index < -0.39 is 11.9 Å². The Labute approximate surface area is 140 Å². The molecule has 1 amide bonds. The van der Waals surface area contributed by atoms with E-state index in [-0.39, 0.29) is 17.2 Å². The molecular formula is C18H22N2O4. The van der Waals surface area contributed by atoms with Crippen LogP contribution in [0.3, 0.4) is 0 Å². The average molecular weight is 330 g/mol. The zero-order chi connectivity index (χ0) is 17.9. The number of amides is 1. The van der Waals surface area contributed by atoms with Gasteiger partial charge in [-0.2, -0.15) is 0 Å². The molecule has 6 heteroatoms. The van der Waals surface area contributed by atoms with Crippen molar-refractivity contribution in [2.45, 2.75) is 46.5 Å². The molecule has 24 heavy (non-hydrogen) atoms. The second kappa shape index (κ2) is 7.29. The molecule has 0 unspecified atom stereocenters. The van der Waals surface area contributed by atoms with Gasteiger partial charge in [-0.05, 0) is 43.9 Å². The molecule has 0 fully saturated rings. The van der Waals surface area contributed by atoms with Crippen LogP contribution >= 0.6 is 0 Å². The highest BCUT2D eigenvalue weighted by atomic mass is 16.5. The first-order valence-corrected chi connectivity index (χ1v) is 7.99. The molecule has 128 valence electrons. The van der Waals surface area contributed by atoms with Crippen molar-refractivity contribution in [3.8, 4) is 0 Å². The summed E-state index contributed by atoms with van der Waals surface area (Å²) in [5, 5.41) is 15.9. The van der Waals surface area contributed by atoms with Gasteiger partial charge in [-0.1, -0.05) is 25.1 Å². The summed E-state index contributed by atoms with van der Waals surface area (Å²) in [7, 11) is 0. The third-order valence-corrected chi connectivity index (χ3v) is 4.21. The van der Waals surface area contributed by atoms with Crippen molar-refractivity contribution < 1.29 is 19.2 Å². The Balaban J connectivity index is 2.24. The molecule has 2 N–H and O–H groups in total. The van der Waals surface area contributed by atoms with Crippen molar-refractivity contribution >= 4 is 17.6 Å². The number of nitrogens with zero attached hydrogens (tertiary/aromatic N) is 1. The lowest BCUT2D eigenvalue weighted by atomic mass is 9.99. The maximum Gasteiger partial charge on any atom is 0.336 e. The molecule has 0 saturated carbocycles. The zero-order valence-corrected chi connectivity index (χ0v) is 14.3. The highest BCUT2D eigenvalue weighted by Crippen LogP contribution is 2.24. The third kappa shape index (κ3) is 3.64. The molecule has 6 nitrogen and oxygen atoms in total. The number of hydrogen-bond donors (Lipinski definition) is 2. The van der Waals surface area contributed by atoms with Crippen molar-refractivity contribution in [3.05, 3.63) is 46.3 Å². The molecule has 0 radical (unpaired) electrons. The van der Waals surface area contributed by atoms with E-state index in [0.29, 0.717) is 11.3 Å². The monoisotopic (exact) mass is 330 g/mol. The lowest BCUT2D eigenvalue weighted by Gasteiger charge is -2.10. The fraction of sp³-hybridized carbons (Fsp3) is 0.389. The quantitative estimate of drug-likeness (QED) is 0.830. The summed E-state index contributed by atoms with van der Waals surface area (Å²) < 4.78 is 5.15. The molecule has 1 heterocycles. The molecule has 0 bridgehead atoms. The molecule has 2 aromatic rings. The van der Waals surface area contributed by atoms with Gasteiger partial charge in [0.25, 0.3) is 5.91 Å². The molecule has 0 atom stereocenters. The molecule has 2 rings (SSSR count). The summed E-state index contributed by atoms with van der Waals surface area (Å²) in [5.74, 6) is -1.09. The summed E-state index contributed by atoms with van der Waals surface area (Å²) in [4.78, 5) is 23.6. The number of carboxylic acids is 1. The Morgan fingerprint density at radius 2 is 1.83 bits per heavy atom. The van der Waals surface area contributed by atoms with E-state index in [0.717, 1.165) is 24.1 Å². The van der Waals surface area contributed by atoms with Crippen LogP contribution < -0.4 is 5.32 Å². The Morgan fingerprint density at radius 1 is 1.17 bits per heavy atom. The first kappa shape index (κ1) is 17.7. The lowest BCUT2D eigenvalue weighted by molar-refractivity contribution is 0.0695. The standard InChI is InChI=1S/C18H22N2O4/c1-5-12(6-2)15-9-16(24-20-15)17(21)19-14-8-13(18(22)23)10(3)7-11(14)4/h7-9,12H,5-6H2,1-4H3,(H,19,21)(H,22,23). The van der Waals surface area contributed by atoms with Gasteiger partial charge in [0, 0.05) is 17.7 Å². The lowest BCUT2D eigenvalue weighted by Crippen LogP contribution is -2.13. The Morgan fingerprint density at radius 3 is 2.42 bits per heavy atom. The first-order valence-electron chi connectivity index (χ1n) is 7.99. The number of aromatic nitrogens is 1. The van der Waals surface area contributed by atoms with Gasteiger partial charge in [0.05, 0.1) is 11.3 Å². The number of aryl methyl sites for hydroxylation is 2. The van der Waals surface area contributed by atoms with Crippen LogP contribution in [-0.4, -0.2) is 22.1 Å². The minimum absolute atomic E-state index is 0.119. The Kier molecular flexibility index (Phi) is 5.39. The largest absolute Gasteiger partial charge is 0.478 e. The molecular weight excluding hydrogens is 308 g/mol. The summed E-state index contributed by atoms with van der Waals surface area (Å²) in [6, 6.07) is 4.84. The number of anilines is 1. The number of benzene rings is 1. The minimum atomic E-state index is -1.03. The van der Waals surface area contributed by atoms with Gasteiger partial charge in [-0.15, -0.1) is 0 Å². The van der Waals surface area contributed by atoms with Crippen LogP contribution in [0.5, 0.6) is 0 Å². The van der Waals surface area contributed by atoms with E-state index in [1.807, 2.05) is 6.92 Å². The number of rotatable bonds is 6. The number of nitrogens with one attached hydrogen (secondary N) is 1. The van der Waals surface area contributed by atoms with E-state index in [1.54, 1.807) is 19.1 Å². The van der Waals surface area contributed by atoms with Crippen LogP contribution in [0.15, 0.2) is 22.7 Å². The van der Waals surface area contributed by atoms with Gasteiger partial charge in [0.1, 0.15) is 0 Å². The number of carbonyl (C=O) groups is 2. The van der Waals surface area contributed by atoms with Crippen LogP contribution in [0.1, 0.15) is 70.3 Å². The SMILES string of the molecule is CCC(CC)c1cc(C(=O)Nc2cc(C(=O)O)c(C)cc2C)on1. The van der Waals surface area contributed by atoms with Crippen LogP contribution in [0.25, 0.3) is 0 Å². The fourth-order valence-corrected chi connectivity index (χ4v) is 2.70. The summed E-state index contributed by atoms with van der Waals surface area (Å²) in [5.41, 5.74) is 2.80. The van der Waals surface area contributed by atoms with Gasteiger partial charge in [0.2, 0.25) is 5.76 Å². The van der Waals surface area contributed by atoms with Crippen molar-refractivity contribution in [2.75, 3.05) is 5.32 Å². The van der Waals surface area contributed by atoms with E-state index in [4.69, 9.17) is 4.52 Å². The van der Waals surface area contributed by atoms with Crippen molar-refractivity contribution in [3.63, 3.8) is 0 Å². The molecule has 0 saturated heterocycles. The predicted octanol–water partition coefficient (Wildman–Crippen LogP) is 4.15. The molecule has 0 aliphatic rings. The summed E-state index contributed by atoms with van der Waals surface area (Å²) in [6.07, 6.45) is 1.84. The molecule has 1 aromatic heterocycles. The molecule has 0 spiro atoms. The summed E-state index contributed by atoms with van der Waals surface area (Å²) in [6.45, 7) is 7.65. The van der Waals surface area contributed by atoms with Crippen LogP contribution in [-0.2, 0) is 0 Å². The zero-order valence-electron chi connectivity index (χ0n) is 14.3. The van der Waals surface area contributed by atoms with E-state index >= 15 is 0 Å². The maximum absolute atomic E-state index is 12.4. The fourth-order valence-electron chi connectivity index (χ4n) is 2.70. The highest BCUT2D eigenvalue weighted by molar-refractivity contribution is 6.03. The van der Waals surface area contributed by atoms with Crippen LogP contribution in [0, 0.1) is 13.8 Å². The molecule has 0 aliphatic heterocycles. The molecule has 1 aromatic carbocycles. The van der Waals surface area contributed by atoms with Crippen LogP contribution in [0.4, 0.5) is 5.69 Å². The third-order valence-electron chi connectivity index (χ3n) is 4.21. The van der Waals surface area contributed by atoms with Crippen molar-refractivity contribution in [1.29, 1.82) is 0 Å². The number of carbonyl (C=O) groups excluding carboxylic acids is 1. The predicted molar refractivity (Wildman–Crippen MR) is 90.7 cm³/mol. The minimum Gasteiger partial charge on any atom is -0.478 e. The van der Waals surface area contributed by atoms with Gasteiger partial charge in [-0.25, -0.2) is 4.79 Å². The van der Waals surface area contributed by atoms with E-state index in [9.17, 15) is 14.7 Å². The van der Waals surface area contributed by atoms with Gasteiger partial charge in [0.15, 0.2) is 0 Å². The molecule has 0 aliphatic carbocycles. The van der Waals surface area contributed by atoms with Crippen molar-refractivity contribution in [2.24, 2.45) is 0 Å². The van der Waals surface area contributed by atoms with Gasteiger partial charge >= 0.3 is 5.97 Å². The number of carboxylic acid groups (broad SMARTS) is 1. The smallest absolute Gasteiger partial charge is 0.336 e. The maximum atomic E-state index is 12.4. The van der Waals surface area contributed by atoms with E-state index in [1.165, 1.54) is 6.07 Å². The second-order valence-corrected chi connectivity index (χ2v) is 5.87. The normalized spacial score (nSPS) is 10.9.